The van der Waals surface area contributed by atoms with E-state index in [9.17, 15) is 18.0 Å². The fourth-order valence-corrected chi connectivity index (χ4v) is 0.846. The Morgan fingerprint density at radius 2 is 2.10 bits per heavy atom. The second-order valence-corrected chi connectivity index (χ2v) is 2.93. The molecule has 58 valence electrons. The summed E-state index contributed by atoms with van der Waals surface area (Å²) in [5, 5.41) is -1.10. The molecule has 6 heteroatoms. The lowest BCUT2D eigenvalue weighted by Gasteiger charge is -1.94. The van der Waals surface area contributed by atoms with E-state index in [4.69, 9.17) is 0 Å². The van der Waals surface area contributed by atoms with Crippen molar-refractivity contribution in [2.45, 2.75) is 13.3 Å². The van der Waals surface area contributed by atoms with Crippen LogP contribution in [0, 0.1) is 0 Å². The molecule has 0 rings (SSSR count). The van der Waals surface area contributed by atoms with Gasteiger partial charge in [-0.1, -0.05) is 6.92 Å². The molecule has 0 aliphatic heterocycles. The van der Waals surface area contributed by atoms with Crippen molar-refractivity contribution in [3.05, 3.63) is 0 Å². The highest BCUT2D eigenvalue weighted by Crippen LogP contribution is 1.95. The lowest BCUT2D eigenvalue weighted by Crippen LogP contribution is -2.15. The van der Waals surface area contributed by atoms with Crippen molar-refractivity contribution < 1.29 is 22.2 Å². The van der Waals surface area contributed by atoms with E-state index in [0.717, 1.165) is 0 Å². The zero-order valence-electron chi connectivity index (χ0n) is 5.23. The van der Waals surface area contributed by atoms with Crippen molar-refractivity contribution >= 4 is 21.7 Å². The predicted octanol–water partition coefficient (Wildman–Crippen LogP) is -0.574. The molecule has 0 bridgehead atoms. The van der Waals surface area contributed by atoms with E-state index >= 15 is 0 Å². The highest BCUT2D eigenvalue weighted by Gasteiger charge is 2.20. The van der Waals surface area contributed by atoms with Crippen LogP contribution >= 0.6 is 0 Å². The van der Waals surface area contributed by atoms with Gasteiger partial charge in [0.2, 0.25) is 0 Å². The molecule has 0 heterocycles. The Morgan fingerprint density at radius 1 is 1.60 bits per heavy atom. The quantitative estimate of drug-likeness (QED) is 0.414. The molecule has 0 unspecified atom stereocenters. The molecule has 0 saturated heterocycles. The van der Waals surface area contributed by atoms with Gasteiger partial charge in [-0.05, 0) is 0 Å². The molecule has 0 aromatic rings. The van der Waals surface area contributed by atoms with Gasteiger partial charge in [-0.3, -0.25) is 9.59 Å². The maximum atomic E-state index is 10.4. The van der Waals surface area contributed by atoms with Crippen molar-refractivity contribution in [1.82, 2.24) is 0 Å². The van der Waals surface area contributed by atoms with E-state index in [1.54, 1.807) is 0 Å². The molecule has 0 fully saturated rings. The SMILES string of the molecule is CCC(=O)S(=O)(=O)OC=O. The summed E-state index contributed by atoms with van der Waals surface area (Å²) in [5.41, 5.74) is 0. The summed E-state index contributed by atoms with van der Waals surface area (Å²) in [6.07, 6.45) is -0.198. The van der Waals surface area contributed by atoms with Gasteiger partial charge in [-0.2, -0.15) is 8.42 Å². The lowest BCUT2D eigenvalue weighted by atomic mass is 10.6. The number of hydrogen-bond acceptors (Lipinski definition) is 5. The van der Waals surface area contributed by atoms with Crippen LogP contribution in [0.2, 0.25) is 0 Å². The fourth-order valence-electron chi connectivity index (χ4n) is 0.282. The van der Waals surface area contributed by atoms with Crippen molar-refractivity contribution in [3.8, 4) is 0 Å². The second-order valence-electron chi connectivity index (χ2n) is 1.37. The Labute approximate surface area is 58.1 Å². The monoisotopic (exact) mass is 166 g/mol. The maximum Gasteiger partial charge on any atom is 0.375 e. The topological polar surface area (TPSA) is 77.5 Å². The Balaban J connectivity index is 4.42. The molecule has 0 amide bonds. The molecule has 0 atom stereocenters. The molecule has 0 aromatic heterocycles. The summed E-state index contributed by atoms with van der Waals surface area (Å²) in [6.45, 7) is 1.07. The Hall–Kier alpha value is -0.910. The standard InChI is InChI=1S/C4H6O5S/c1-2-4(6)10(7,8)9-3-5/h3H,2H2,1H3. The summed E-state index contributed by atoms with van der Waals surface area (Å²) in [5.74, 6) is 0. The molecular formula is C4H6O5S. The highest BCUT2D eigenvalue weighted by atomic mass is 32.2. The van der Waals surface area contributed by atoms with Gasteiger partial charge in [-0.25, -0.2) is 0 Å². The fraction of sp³-hybridized carbons (Fsp3) is 0.500. The van der Waals surface area contributed by atoms with Crippen LogP contribution < -0.4 is 0 Å². The average Bonchev–Trinajstić information content (AvgIpc) is 1.86. The number of carbonyl (C=O) groups excluding carboxylic acids is 2. The van der Waals surface area contributed by atoms with Crippen LogP contribution in [0.3, 0.4) is 0 Å². The van der Waals surface area contributed by atoms with Crippen LogP contribution in [0.1, 0.15) is 13.3 Å². The van der Waals surface area contributed by atoms with Gasteiger partial charge >= 0.3 is 16.6 Å². The highest BCUT2D eigenvalue weighted by molar-refractivity contribution is 8.02. The van der Waals surface area contributed by atoms with E-state index in [-0.39, 0.29) is 12.9 Å². The lowest BCUT2D eigenvalue weighted by molar-refractivity contribution is -0.122. The molecule has 0 aromatic carbocycles. The zero-order chi connectivity index (χ0) is 8.20. The van der Waals surface area contributed by atoms with Crippen molar-refractivity contribution in [3.63, 3.8) is 0 Å². The first-order chi connectivity index (χ1) is 4.54. The molecule has 0 N–H and O–H groups in total. The second kappa shape index (κ2) is 3.31. The molecule has 0 aliphatic rings. The molecule has 0 spiro atoms. The third kappa shape index (κ3) is 2.14. The number of hydrogen-bond donors (Lipinski definition) is 0. The summed E-state index contributed by atoms with van der Waals surface area (Å²) in [7, 11) is -4.27. The van der Waals surface area contributed by atoms with Crippen molar-refractivity contribution in [1.29, 1.82) is 0 Å². The van der Waals surface area contributed by atoms with Crippen molar-refractivity contribution in [2.75, 3.05) is 0 Å². The van der Waals surface area contributed by atoms with Gasteiger partial charge in [0.05, 0.1) is 0 Å². The predicted molar refractivity (Wildman–Crippen MR) is 31.4 cm³/mol. The van der Waals surface area contributed by atoms with Crippen LogP contribution in [0.15, 0.2) is 0 Å². The summed E-state index contributed by atoms with van der Waals surface area (Å²) in [6, 6.07) is 0. The smallest absolute Gasteiger partial charge is 0.343 e. The molecule has 0 aliphatic carbocycles. The van der Waals surface area contributed by atoms with Gasteiger partial charge in [0.1, 0.15) is 0 Å². The summed E-state index contributed by atoms with van der Waals surface area (Å²) < 4.78 is 24.2. The maximum absolute atomic E-state index is 10.4. The third-order valence-corrected chi connectivity index (χ3v) is 1.91. The van der Waals surface area contributed by atoms with Crippen LogP contribution in [0.4, 0.5) is 0 Å². The minimum Gasteiger partial charge on any atom is -0.343 e. The molecule has 0 saturated carbocycles. The van der Waals surface area contributed by atoms with E-state index < -0.39 is 15.2 Å². The Morgan fingerprint density at radius 3 is 2.40 bits per heavy atom. The largest absolute Gasteiger partial charge is 0.375 e. The van der Waals surface area contributed by atoms with Crippen LogP contribution in [0.5, 0.6) is 0 Å². The molecule has 10 heavy (non-hydrogen) atoms. The third-order valence-electron chi connectivity index (χ3n) is 0.733. The van der Waals surface area contributed by atoms with E-state index in [1.165, 1.54) is 6.92 Å². The zero-order valence-corrected chi connectivity index (χ0v) is 6.05. The number of carbonyl (C=O) groups is 2. The van der Waals surface area contributed by atoms with Gasteiger partial charge in [0.15, 0.2) is 0 Å². The van der Waals surface area contributed by atoms with Gasteiger partial charge in [-0.15, -0.1) is 0 Å². The summed E-state index contributed by atoms with van der Waals surface area (Å²) >= 11 is 0. The molecule has 5 nitrogen and oxygen atoms in total. The molecular weight excluding hydrogens is 160 g/mol. The summed E-state index contributed by atoms with van der Waals surface area (Å²) in [4.78, 5) is 19.8. The van der Waals surface area contributed by atoms with E-state index in [2.05, 4.69) is 4.18 Å². The Kier molecular flexibility index (Phi) is 3.01. The van der Waals surface area contributed by atoms with Crippen LogP contribution in [0.25, 0.3) is 0 Å². The van der Waals surface area contributed by atoms with Crippen molar-refractivity contribution in [2.24, 2.45) is 0 Å². The van der Waals surface area contributed by atoms with Gasteiger partial charge in [0, 0.05) is 6.42 Å². The van der Waals surface area contributed by atoms with E-state index in [0.29, 0.717) is 0 Å². The Bertz CT molecular complexity index is 226. The van der Waals surface area contributed by atoms with E-state index in [1.807, 2.05) is 0 Å². The van der Waals surface area contributed by atoms with Gasteiger partial charge < -0.3 is 4.18 Å². The first kappa shape index (κ1) is 9.09. The van der Waals surface area contributed by atoms with Gasteiger partial charge in [0.25, 0.3) is 5.12 Å². The molecule has 0 radical (unpaired) electrons. The first-order valence-corrected chi connectivity index (χ1v) is 3.85. The normalized spacial score (nSPS) is 10.5. The first-order valence-electron chi connectivity index (χ1n) is 2.44. The van der Waals surface area contributed by atoms with Crippen LogP contribution in [-0.2, 0) is 23.9 Å². The minimum absolute atomic E-state index is 0.198. The average molecular weight is 166 g/mol. The number of rotatable bonds is 3. The van der Waals surface area contributed by atoms with Crippen LogP contribution in [-0.4, -0.2) is 20.0 Å². The minimum atomic E-state index is -4.27.